The first-order valence-corrected chi connectivity index (χ1v) is 8.34. The normalized spacial score (nSPS) is 25.1. The fraction of sp³-hybridized carbons (Fsp3) is 0.350. The van der Waals surface area contributed by atoms with E-state index in [-0.39, 0.29) is 23.1 Å². The van der Waals surface area contributed by atoms with Gasteiger partial charge in [0.05, 0.1) is 12.7 Å². The summed E-state index contributed by atoms with van der Waals surface area (Å²) in [5.74, 6) is -0.577. The molecule has 24 heavy (non-hydrogen) atoms. The number of halogens is 1. The molecule has 3 aliphatic rings. The summed E-state index contributed by atoms with van der Waals surface area (Å²) >= 11 is 0. The first-order valence-electron chi connectivity index (χ1n) is 8.34. The molecule has 4 heteroatoms. The van der Waals surface area contributed by atoms with Crippen molar-refractivity contribution in [1.29, 1.82) is 0 Å². The van der Waals surface area contributed by atoms with Gasteiger partial charge in [-0.15, -0.1) is 0 Å². The number of piperidine rings is 2. The largest absolute Gasteiger partial charge is 0.493 e. The molecule has 0 N–H and O–H groups in total. The Bertz CT molecular complexity index is 763. The number of hydrogen-bond acceptors (Lipinski definition) is 2. The molecule has 3 fully saturated rings. The predicted octanol–water partition coefficient (Wildman–Crippen LogP) is 3.78. The standard InChI is InChI=1S/C20H20FNO2/c1-24-18-16(8-5-9-17(18)21)19(23)22-11-10-20(12-15(22)13-20)14-6-3-2-4-7-14/h2-9,15H,10-13H2,1H3. The summed E-state index contributed by atoms with van der Waals surface area (Å²) in [6, 6.07) is 15.3. The Balaban J connectivity index is 1.55. The summed E-state index contributed by atoms with van der Waals surface area (Å²) < 4.78 is 19.0. The van der Waals surface area contributed by atoms with Crippen LogP contribution in [0.5, 0.6) is 5.75 Å². The van der Waals surface area contributed by atoms with Crippen molar-refractivity contribution in [3.05, 3.63) is 65.5 Å². The van der Waals surface area contributed by atoms with Crippen molar-refractivity contribution >= 4 is 5.91 Å². The van der Waals surface area contributed by atoms with Crippen molar-refractivity contribution in [2.45, 2.75) is 30.7 Å². The zero-order chi connectivity index (χ0) is 16.7. The molecule has 2 saturated heterocycles. The van der Waals surface area contributed by atoms with Gasteiger partial charge >= 0.3 is 0 Å². The number of para-hydroxylation sites is 1. The van der Waals surface area contributed by atoms with Crippen LogP contribution in [0, 0.1) is 5.82 Å². The Morgan fingerprint density at radius 3 is 2.54 bits per heavy atom. The number of fused-ring (bicyclic) bond motifs is 2. The highest BCUT2D eigenvalue weighted by atomic mass is 19.1. The second-order valence-corrected chi connectivity index (χ2v) is 6.78. The van der Waals surface area contributed by atoms with E-state index in [2.05, 4.69) is 24.3 Å². The van der Waals surface area contributed by atoms with Crippen LogP contribution in [0.4, 0.5) is 4.39 Å². The molecule has 5 rings (SSSR count). The Morgan fingerprint density at radius 1 is 1.17 bits per heavy atom. The highest BCUT2D eigenvalue weighted by molar-refractivity contribution is 5.97. The molecular formula is C20H20FNO2. The topological polar surface area (TPSA) is 29.5 Å². The molecular weight excluding hydrogens is 305 g/mol. The third kappa shape index (κ3) is 2.20. The average molecular weight is 325 g/mol. The molecule has 0 radical (unpaired) electrons. The van der Waals surface area contributed by atoms with E-state index in [9.17, 15) is 9.18 Å². The van der Waals surface area contributed by atoms with Gasteiger partial charge in [-0.05, 0) is 37.0 Å². The van der Waals surface area contributed by atoms with Crippen molar-refractivity contribution in [1.82, 2.24) is 4.90 Å². The Labute approximate surface area is 141 Å². The highest BCUT2D eigenvalue weighted by Gasteiger charge is 2.52. The van der Waals surface area contributed by atoms with Crippen LogP contribution in [0.15, 0.2) is 48.5 Å². The van der Waals surface area contributed by atoms with Gasteiger partial charge in [0.25, 0.3) is 5.91 Å². The van der Waals surface area contributed by atoms with Crippen molar-refractivity contribution in [2.24, 2.45) is 0 Å². The molecule has 0 aromatic heterocycles. The number of rotatable bonds is 3. The first-order chi connectivity index (χ1) is 11.6. The number of hydrogen-bond donors (Lipinski definition) is 0. The van der Waals surface area contributed by atoms with Crippen molar-refractivity contribution < 1.29 is 13.9 Å². The molecule has 2 aromatic rings. The lowest BCUT2D eigenvalue weighted by Gasteiger charge is -2.58. The van der Waals surface area contributed by atoms with Gasteiger partial charge in [-0.3, -0.25) is 4.79 Å². The maximum absolute atomic E-state index is 13.9. The molecule has 3 nitrogen and oxygen atoms in total. The number of nitrogens with zero attached hydrogens (tertiary/aromatic N) is 1. The van der Waals surface area contributed by atoms with Crippen LogP contribution in [-0.4, -0.2) is 30.5 Å². The predicted molar refractivity (Wildman–Crippen MR) is 89.7 cm³/mol. The number of carbonyl (C=O) groups excluding carboxylic acids is 1. The van der Waals surface area contributed by atoms with Crippen LogP contribution >= 0.6 is 0 Å². The number of carbonyl (C=O) groups is 1. The summed E-state index contributed by atoms with van der Waals surface area (Å²) in [5, 5.41) is 0. The van der Waals surface area contributed by atoms with Crippen LogP contribution in [0.3, 0.4) is 0 Å². The minimum absolute atomic E-state index is 0.0433. The van der Waals surface area contributed by atoms with Gasteiger partial charge in [0, 0.05) is 18.0 Å². The quantitative estimate of drug-likeness (QED) is 0.859. The number of amides is 1. The van der Waals surface area contributed by atoms with E-state index < -0.39 is 5.82 Å². The molecule has 2 bridgehead atoms. The molecule has 1 amide bonds. The van der Waals surface area contributed by atoms with E-state index in [0.29, 0.717) is 12.1 Å². The van der Waals surface area contributed by atoms with E-state index in [1.807, 2.05) is 11.0 Å². The highest BCUT2D eigenvalue weighted by Crippen LogP contribution is 2.52. The third-order valence-electron chi connectivity index (χ3n) is 5.57. The average Bonchev–Trinajstić information content (AvgIpc) is 2.60. The lowest BCUT2D eigenvalue weighted by molar-refractivity contribution is -0.00453. The Hall–Kier alpha value is -2.36. The first kappa shape index (κ1) is 15.2. The maximum Gasteiger partial charge on any atom is 0.257 e. The fourth-order valence-electron chi connectivity index (χ4n) is 4.26. The zero-order valence-electron chi connectivity index (χ0n) is 13.7. The Morgan fingerprint density at radius 2 is 1.92 bits per heavy atom. The molecule has 0 atom stereocenters. The number of benzene rings is 2. The van der Waals surface area contributed by atoms with Gasteiger partial charge in [0.2, 0.25) is 0 Å². The number of ether oxygens (including phenoxy) is 1. The maximum atomic E-state index is 13.9. The molecule has 1 aliphatic carbocycles. The van der Waals surface area contributed by atoms with Crippen LogP contribution in [0.25, 0.3) is 0 Å². The molecule has 2 aliphatic heterocycles. The van der Waals surface area contributed by atoms with Crippen molar-refractivity contribution in [3.8, 4) is 5.75 Å². The van der Waals surface area contributed by atoms with E-state index in [1.165, 1.54) is 18.7 Å². The van der Waals surface area contributed by atoms with Gasteiger partial charge in [0.1, 0.15) is 0 Å². The van der Waals surface area contributed by atoms with Gasteiger partial charge in [0.15, 0.2) is 11.6 Å². The van der Waals surface area contributed by atoms with E-state index in [0.717, 1.165) is 19.3 Å². The summed E-state index contributed by atoms with van der Waals surface area (Å²) in [6.45, 7) is 0.706. The molecule has 124 valence electrons. The molecule has 2 aromatic carbocycles. The van der Waals surface area contributed by atoms with Crippen molar-refractivity contribution in [2.75, 3.05) is 13.7 Å². The van der Waals surface area contributed by atoms with Crippen LogP contribution in [0.2, 0.25) is 0 Å². The second-order valence-electron chi connectivity index (χ2n) is 6.78. The molecule has 0 unspecified atom stereocenters. The van der Waals surface area contributed by atoms with Gasteiger partial charge < -0.3 is 9.64 Å². The third-order valence-corrected chi connectivity index (χ3v) is 5.57. The van der Waals surface area contributed by atoms with Crippen LogP contribution in [0.1, 0.15) is 35.2 Å². The minimum Gasteiger partial charge on any atom is -0.493 e. The molecule has 2 heterocycles. The molecule has 0 spiro atoms. The smallest absolute Gasteiger partial charge is 0.257 e. The Kier molecular flexibility index (Phi) is 3.56. The monoisotopic (exact) mass is 325 g/mol. The summed E-state index contributed by atoms with van der Waals surface area (Å²) in [7, 11) is 1.40. The van der Waals surface area contributed by atoms with E-state index >= 15 is 0 Å². The zero-order valence-corrected chi connectivity index (χ0v) is 13.7. The van der Waals surface area contributed by atoms with E-state index in [4.69, 9.17) is 4.74 Å². The number of methoxy groups -OCH3 is 1. The van der Waals surface area contributed by atoms with Gasteiger partial charge in [-0.2, -0.15) is 0 Å². The van der Waals surface area contributed by atoms with Gasteiger partial charge in [-0.25, -0.2) is 4.39 Å². The molecule has 1 saturated carbocycles. The fourth-order valence-corrected chi connectivity index (χ4v) is 4.26. The minimum atomic E-state index is -0.493. The second kappa shape index (κ2) is 5.62. The van der Waals surface area contributed by atoms with E-state index in [1.54, 1.807) is 12.1 Å². The summed E-state index contributed by atoms with van der Waals surface area (Å²) in [6.07, 6.45) is 2.93. The van der Waals surface area contributed by atoms with Crippen LogP contribution < -0.4 is 4.74 Å². The SMILES string of the molecule is COc1c(F)cccc1C(=O)N1CCC2(c3ccccc3)CC1C2. The lowest BCUT2D eigenvalue weighted by Crippen LogP contribution is -2.61. The summed E-state index contributed by atoms with van der Waals surface area (Å²) in [5.41, 5.74) is 1.91. The van der Waals surface area contributed by atoms with Crippen molar-refractivity contribution in [3.63, 3.8) is 0 Å². The summed E-state index contributed by atoms with van der Waals surface area (Å²) in [4.78, 5) is 14.8. The lowest BCUT2D eigenvalue weighted by atomic mass is 9.57. The van der Waals surface area contributed by atoms with Gasteiger partial charge in [-0.1, -0.05) is 36.4 Å². The van der Waals surface area contributed by atoms with Crippen LogP contribution in [-0.2, 0) is 5.41 Å².